The molecule has 0 N–H and O–H groups in total. The van der Waals surface area contributed by atoms with Crippen molar-refractivity contribution >= 4 is 11.6 Å². The van der Waals surface area contributed by atoms with E-state index in [1.165, 1.54) is 0 Å². The normalized spacial score (nSPS) is 14.5. The van der Waals surface area contributed by atoms with Crippen LogP contribution in [0.1, 0.15) is 24.0 Å². The predicted molar refractivity (Wildman–Crippen MR) is 77.2 cm³/mol. The van der Waals surface area contributed by atoms with Crippen LogP contribution in [0.25, 0.3) is 5.70 Å². The molecule has 1 heterocycles. The maximum atomic E-state index is 11.8. The van der Waals surface area contributed by atoms with Gasteiger partial charge in [0, 0.05) is 53.3 Å². The smallest absolute Gasteiger partial charge is 0.222 e. The van der Waals surface area contributed by atoms with E-state index in [-0.39, 0.29) is 38.6 Å². The zero-order valence-corrected chi connectivity index (χ0v) is 15.6. The first kappa shape index (κ1) is 18.3. The van der Waals surface area contributed by atoms with Crippen LogP contribution in [0.15, 0.2) is 18.2 Å². The predicted octanol–water partition coefficient (Wildman–Crippen LogP) is 2.41. The second kappa shape index (κ2) is 8.67. The van der Waals surface area contributed by atoms with Gasteiger partial charge >= 0.3 is 0 Å². The van der Waals surface area contributed by atoms with Gasteiger partial charge in [0.05, 0.1) is 6.61 Å². The van der Waals surface area contributed by atoms with Gasteiger partial charge in [0.2, 0.25) is 5.91 Å². The van der Waals surface area contributed by atoms with Crippen LogP contribution in [0.5, 0.6) is 5.75 Å². The second-order valence-electron chi connectivity index (χ2n) is 4.80. The Morgan fingerprint density at radius 3 is 2.76 bits per heavy atom. The molecule has 0 fully saturated rings. The van der Waals surface area contributed by atoms with Crippen molar-refractivity contribution in [3.63, 3.8) is 0 Å². The number of rotatable bonds is 5. The van der Waals surface area contributed by atoms with Crippen LogP contribution >= 0.6 is 0 Å². The first-order chi connectivity index (χ1) is 9.63. The molecule has 1 aromatic carbocycles. The van der Waals surface area contributed by atoms with E-state index < -0.39 is 0 Å². The van der Waals surface area contributed by atoms with Crippen LogP contribution in [0, 0.1) is 13.0 Å². The molecular weight excluding hydrogens is 343 g/mol. The van der Waals surface area contributed by atoms with Crippen molar-refractivity contribution in [1.82, 2.24) is 4.90 Å². The molecule has 1 amide bonds. The molecule has 1 aromatic rings. The number of ether oxygens (including phenoxy) is 2. The van der Waals surface area contributed by atoms with E-state index in [0.29, 0.717) is 26.1 Å². The van der Waals surface area contributed by atoms with Gasteiger partial charge in [0.1, 0.15) is 12.4 Å². The molecule has 1 radical (unpaired) electrons. The number of carbonyl (C=O) groups is 1. The number of carbonyl (C=O) groups excluding carboxylic acids is 1. The Hall–Kier alpha value is -0.706. The second-order valence-corrected chi connectivity index (χ2v) is 4.80. The van der Waals surface area contributed by atoms with Gasteiger partial charge in [-0.05, 0) is 12.1 Å². The molecule has 0 saturated carbocycles. The zero-order chi connectivity index (χ0) is 14.5. The first-order valence-electron chi connectivity index (χ1n) is 6.73. The first-order valence-corrected chi connectivity index (χ1v) is 6.73. The minimum Gasteiger partial charge on any atom is -0.491 e. The number of allylic oxidation sites excluding steroid dienone is 1. The number of nitrogens with zero attached hydrogens (tertiary/aromatic N) is 1. The van der Waals surface area contributed by atoms with Gasteiger partial charge in [0.25, 0.3) is 0 Å². The van der Waals surface area contributed by atoms with Gasteiger partial charge in [-0.15, -0.1) is 29.3 Å². The average Bonchev–Trinajstić information content (AvgIpc) is 2.43. The average molecular weight is 363 g/mol. The van der Waals surface area contributed by atoms with Gasteiger partial charge in [-0.2, -0.15) is 0 Å². The molecule has 0 spiro atoms. The van der Waals surface area contributed by atoms with Crippen LogP contribution < -0.4 is 4.74 Å². The largest absolute Gasteiger partial charge is 0.491 e. The molecule has 21 heavy (non-hydrogen) atoms. The summed E-state index contributed by atoms with van der Waals surface area (Å²) in [6, 6.07) is 5.88. The molecule has 111 valence electrons. The molecule has 0 aromatic heterocycles. The molecule has 0 saturated heterocycles. The third-order valence-corrected chi connectivity index (χ3v) is 3.35. The minimum absolute atomic E-state index is 0. The summed E-state index contributed by atoms with van der Waals surface area (Å²) in [6.45, 7) is 3.11. The molecule has 0 bridgehead atoms. The molecule has 4 nitrogen and oxygen atoms in total. The number of aryl methyl sites for hydroxylation is 1. The fourth-order valence-corrected chi connectivity index (χ4v) is 2.21. The Labute approximate surface area is 151 Å². The van der Waals surface area contributed by atoms with Crippen molar-refractivity contribution in [3.05, 3.63) is 35.4 Å². The Morgan fingerprint density at radius 2 is 2.10 bits per heavy atom. The third-order valence-electron chi connectivity index (χ3n) is 3.35. The van der Waals surface area contributed by atoms with Crippen LogP contribution in [-0.4, -0.2) is 38.2 Å². The topological polar surface area (TPSA) is 38.8 Å². The van der Waals surface area contributed by atoms with E-state index in [1.807, 2.05) is 25.1 Å². The number of methoxy groups -OCH3 is 1. The van der Waals surface area contributed by atoms with Gasteiger partial charge in [0.15, 0.2) is 0 Å². The molecule has 2 rings (SSSR count). The Morgan fingerprint density at radius 1 is 1.33 bits per heavy atom. The molecule has 1 aliphatic heterocycles. The molecule has 1 aliphatic rings. The van der Waals surface area contributed by atoms with Crippen LogP contribution in [0.4, 0.5) is 0 Å². The Bertz CT molecular complexity index is 528. The van der Waals surface area contributed by atoms with Gasteiger partial charge < -0.3 is 14.4 Å². The SMILES string of the molecule is COCCOc1ccc(C2=[C-]CCC(=O)N2C)c(C)c1.[Y]. The van der Waals surface area contributed by atoms with Crippen LogP contribution in [-0.2, 0) is 42.2 Å². The Balaban J connectivity index is 0.00000220. The summed E-state index contributed by atoms with van der Waals surface area (Å²) < 4.78 is 10.5. The van der Waals surface area contributed by atoms with Crippen LogP contribution in [0.3, 0.4) is 0 Å². The standard InChI is InChI=1S/C16H20NO3.Y/c1-12-11-13(20-10-9-19-3)7-8-14(12)15-5-4-6-16(18)17(15)2;/h7-8,11H,4,6,9-10H2,1-3H3;/q-1;. The maximum absolute atomic E-state index is 11.8. The summed E-state index contributed by atoms with van der Waals surface area (Å²) in [6.07, 6.45) is 4.51. The fraction of sp³-hybridized carbons (Fsp3) is 0.438. The monoisotopic (exact) mass is 363 g/mol. The molecule has 0 atom stereocenters. The molecule has 0 unspecified atom stereocenters. The van der Waals surface area contributed by atoms with E-state index in [1.54, 1.807) is 19.1 Å². The number of benzene rings is 1. The summed E-state index contributed by atoms with van der Waals surface area (Å²) in [4.78, 5) is 13.4. The summed E-state index contributed by atoms with van der Waals surface area (Å²) in [5, 5.41) is 0. The fourth-order valence-electron chi connectivity index (χ4n) is 2.21. The van der Waals surface area contributed by atoms with Crippen molar-refractivity contribution in [2.75, 3.05) is 27.4 Å². The quantitative estimate of drug-likeness (QED) is 0.596. The van der Waals surface area contributed by atoms with Crippen molar-refractivity contribution < 1.29 is 47.0 Å². The zero-order valence-electron chi connectivity index (χ0n) is 12.8. The molecular formula is C16H20NO3Y-. The van der Waals surface area contributed by atoms with Crippen molar-refractivity contribution in [2.24, 2.45) is 0 Å². The van der Waals surface area contributed by atoms with E-state index >= 15 is 0 Å². The summed E-state index contributed by atoms with van der Waals surface area (Å²) in [5.41, 5.74) is 2.96. The number of amides is 1. The summed E-state index contributed by atoms with van der Waals surface area (Å²) in [7, 11) is 3.45. The van der Waals surface area contributed by atoms with E-state index in [2.05, 4.69) is 6.08 Å². The third kappa shape index (κ3) is 4.63. The van der Waals surface area contributed by atoms with Crippen LogP contribution in [0.2, 0.25) is 0 Å². The maximum Gasteiger partial charge on any atom is 0.222 e. The van der Waals surface area contributed by atoms with E-state index in [0.717, 1.165) is 22.6 Å². The summed E-state index contributed by atoms with van der Waals surface area (Å²) in [5.74, 6) is 0.951. The van der Waals surface area contributed by atoms with Crippen molar-refractivity contribution in [1.29, 1.82) is 0 Å². The summed E-state index contributed by atoms with van der Waals surface area (Å²) >= 11 is 0. The molecule has 0 aliphatic carbocycles. The molecule has 5 heteroatoms. The van der Waals surface area contributed by atoms with E-state index in [9.17, 15) is 4.79 Å². The van der Waals surface area contributed by atoms with Gasteiger partial charge in [-0.1, -0.05) is 6.92 Å². The Kier molecular flexibility index (Phi) is 7.57. The van der Waals surface area contributed by atoms with Crippen molar-refractivity contribution in [2.45, 2.75) is 19.8 Å². The van der Waals surface area contributed by atoms with Crippen molar-refractivity contribution in [3.8, 4) is 5.75 Å². The number of hydrogen-bond donors (Lipinski definition) is 0. The van der Waals surface area contributed by atoms with Gasteiger partial charge in [-0.3, -0.25) is 4.79 Å². The number of hydrogen-bond acceptors (Lipinski definition) is 3. The van der Waals surface area contributed by atoms with Gasteiger partial charge in [-0.25, -0.2) is 6.08 Å². The minimum atomic E-state index is 0. The van der Waals surface area contributed by atoms with E-state index in [4.69, 9.17) is 9.47 Å².